The van der Waals surface area contributed by atoms with Gasteiger partial charge in [-0.3, -0.25) is 4.79 Å². The summed E-state index contributed by atoms with van der Waals surface area (Å²) in [6.45, 7) is 0.338. The van der Waals surface area contributed by atoms with Gasteiger partial charge in [0, 0.05) is 22.2 Å². The standard InChI is InChI=1S/C21H17BrNO.BrH/c22-20-10-8-19(9-11-20)21(24)16-23-14-12-18(13-15-23)7-6-17-4-2-1-3-5-17;/h1-15H,16H2;1H/q+1;/p-1. The van der Waals surface area contributed by atoms with Crippen LogP contribution in [-0.4, -0.2) is 5.78 Å². The molecule has 0 spiro atoms. The number of hydrogen-bond donors (Lipinski definition) is 0. The van der Waals surface area contributed by atoms with E-state index in [1.165, 1.54) is 5.56 Å². The van der Waals surface area contributed by atoms with Gasteiger partial charge in [-0.25, -0.2) is 0 Å². The number of carbonyl (C=O) groups excluding carboxylic acids is 1. The highest BCUT2D eigenvalue weighted by Crippen LogP contribution is 2.11. The number of pyridine rings is 1. The number of aromatic nitrogens is 1. The molecular formula is C21H17Br2NO. The van der Waals surface area contributed by atoms with E-state index < -0.39 is 0 Å². The molecule has 0 amide bonds. The van der Waals surface area contributed by atoms with E-state index in [2.05, 4.69) is 40.2 Å². The molecule has 2 aromatic carbocycles. The lowest BCUT2D eigenvalue weighted by atomic mass is 10.1. The van der Waals surface area contributed by atoms with E-state index in [1.54, 1.807) is 0 Å². The van der Waals surface area contributed by atoms with Crippen LogP contribution in [0.4, 0.5) is 0 Å². The second-order valence-electron chi connectivity index (χ2n) is 5.48. The number of benzene rings is 2. The Hall–Kier alpha value is -2.04. The molecule has 0 aliphatic carbocycles. The molecule has 126 valence electrons. The predicted molar refractivity (Wildman–Crippen MR) is 100 cm³/mol. The number of rotatable bonds is 5. The molecule has 1 heterocycles. The fraction of sp³-hybridized carbons (Fsp3) is 0.0476. The lowest BCUT2D eigenvalue weighted by molar-refractivity contribution is -0.683. The fourth-order valence-electron chi connectivity index (χ4n) is 2.33. The summed E-state index contributed by atoms with van der Waals surface area (Å²) in [6.07, 6.45) is 8.01. The summed E-state index contributed by atoms with van der Waals surface area (Å²) in [7, 11) is 0. The zero-order chi connectivity index (χ0) is 16.8. The molecule has 0 aliphatic rings. The van der Waals surface area contributed by atoms with Gasteiger partial charge in [-0.05, 0) is 23.3 Å². The first-order chi connectivity index (χ1) is 11.7. The Morgan fingerprint density at radius 1 is 0.840 bits per heavy atom. The van der Waals surface area contributed by atoms with Crippen LogP contribution in [0.1, 0.15) is 21.5 Å². The minimum Gasteiger partial charge on any atom is -1.00 e. The summed E-state index contributed by atoms with van der Waals surface area (Å²) >= 11 is 3.38. The summed E-state index contributed by atoms with van der Waals surface area (Å²) < 4.78 is 2.87. The smallest absolute Gasteiger partial charge is 0.227 e. The Morgan fingerprint density at radius 3 is 2.00 bits per heavy atom. The van der Waals surface area contributed by atoms with Gasteiger partial charge in [-0.15, -0.1) is 0 Å². The van der Waals surface area contributed by atoms with Crippen LogP contribution in [0.5, 0.6) is 0 Å². The van der Waals surface area contributed by atoms with E-state index in [4.69, 9.17) is 0 Å². The number of nitrogens with zero attached hydrogens (tertiary/aromatic N) is 1. The lowest BCUT2D eigenvalue weighted by Crippen LogP contribution is -3.00. The number of ketones is 1. The monoisotopic (exact) mass is 457 g/mol. The normalized spacial score (nSPS) is 10.4. The molecule has 0 fully saturated rings. The molecule has 3 rings (SSSR count). The van der Waals surface area contributed by atoms with Crippen LogP contribution in [0, 0.1) is 0 Å². The van der Waals surface area contributed by atoms with Crippen LogP contribution < -0.4 is 21.5 Å². The van der Waals surface area contributed by atoms with Gasteiger partial charge in [0.1, 0.15) is 0 Å². The van der Waals surface area contributed by atoms with E-state index in [-0.39, 0.29) is 22.8 Å². The topological polar surface area (TPSA) is 20.9 Å². The molecule has 0 atom stereocenters. The molecule has 0 N–H and O–H groups in total. The molecular weight excluding hydrogens is 442 g/mol. The second-order valence-corrected chi connectivity index (χ2v) is 6.39. The number of Topliss-reactive ketones (excluding diaryl/α,β-unsaturated/α-hetero) is 1. The Balaban J connectivity index is 0.00000225. The molecule has 0 unspecified atom stereocenters. The first kappa shape index (κ1) is 19.3. The maximum Gasteiger partial charge on any atom is 0.227 e. The Morgan fingerprint density at radius 2 is 1.40 bits per heavy atom. The molecule has 0 saturated heterocycles. The zero-order valence-corrected chi connectivity index (χ0v) is 16.7. The van der Waals surface area contributed by atoms with Gasteiger partial charge < -0.3 is 17.0 Å². The van der Waals surface area contributed by atoms with Crippen molar-refractivity contribution in [3.05, 3.63) is 100 Å². The minimum atomic E-state index is 0. The molecule has 0 saturated carbocycles. The molecule has 0 aliphatic heterocycles. The van der Waals surface area contributed by atoms with Crippen molar-refractivity contribution in [3.8, 4) is 0 Å². The van der Waals surface area contributed by atoms with Gasteiger partial charge in [-0.1, -0.05) is 70.5 Å². The average Bonchev–Trinajstić information content (AvgIpc) is 2.62. The molecule has 25 heavy (non-hydrogen) atoms. The largest absolute Gasteiger partial charge is 1.00 e. The lowest BCUT2D eigenvalue weighted by Gasteiger charge is -1.99. The predicted octanol–water partition coefficient (Wildman–Crippen LogP) is 1.79. The van der Waals surface area contributed by atoms with E-state index in [9.17, 15) is 4.79 Å². The van der Waals surface area contributed by atoms with Crippen molar-refractivity contribution < 1.29 is 26.3 Å². The summed E-state index contributed by atoms with van der Waals surface area (Å²) in [5.41, 5.74) is 2.99. The van der Waals surface area contributed by atoms with Crippen LogP contribution in [0.2, 0.25) is 0 Å². The Bertz CT molecular complexity index is 841. The highest BCUT2D eigenvalue weighted by atomic mass is 79.9. The van der Waals surface area contributed by atoms with Gasteiger partial charge in [0.05, 0.1) is 0 Å². The van der Waals surface area contributed by atoms with Crippen molar-refractivity contribution in [2.45, 2.75) is 6.54 Å². The van der Waals surface area contributed by atoms with E-state index in [1.807, 2.05) is 71.6 Å². The number of halogens is 2. The molecule has 2 nitrogen and oxygen atoms in total. The van der Waals surface area contributed by atoms with Gasteiger partial charge in [-0.2, -0.15) is 4.57 Å². The van der Waals surface area contributed by atoms with Crippen LogP contribution in [0.15, 0.2) is 83.6 Å². The maximum absolute atomic E-state index is 12.3. The summed E-state index contributed by atoms with van der Waals surface area (Å²) in [4.78, 5) is 12.3. The van der Waals surface area contributed by atoms with Crippen molar-refractivity contribution in [1.29, 1.82) is 0 Å². The van der Waals surface area contributed by atoms with Gasteiger partial charge in [0.2, 0.25) is 12.3 Å². The van der Waals surface area contributed by atoms with Crippen molar-refractivity contribution >= 4 is 33.9 Å². The van der Waals surface area contributed by atoms with Gasteiger partial charge in [0.25, 0.3) is 0 Å². The maximum atomic E-state index is 12.3. The number of hydrogen-bond acceptors (Lipinski definition) is 1. The summed E-state index contributed by atoms with van der Waals surface area (Å²) in [5, 5.41) is 0. The van der Waals surface area contributed by atoms with E-state index in [0.29, 0.717) is 6.54 Å². The molecule has 3 aromatic rings. The zero-order valence-electron chi connectivity index (χ0n) is 13.5. The van der Waals surface area contributed by atoms with Crippen LogP contribution in [0.3, 0.4) is 0 Å². The highest BCUT2D eigenvalue weighted by Gasteiger charge is 2.11. The van der Waals surface area contributed by atoms with Crippen LogP contribution >= 0.6 is 15.9 Å². The first-order valence-corrected chi connectivity index (χ1v) is 8.51. The third-order valence-corrected chi connectivity index (χ3v) is 4.21. The minimum absolute atomic E-state index is 0. The molecule has 1 aromatic heterocycles. The van der Waals surface area contributed by atoms with Crippen molar-refractivity contribution in [2.24, 2.45) is 0 Å². The third-order valence-electron chi connectivity index (χ3n) is 3.68. The van der Waals surface area contributed by atoms with E-state index in [0.717, 1.165) is 15.6 Å². The third kappa shape index (κ3) is 5.76. The van der Waals surface area contributed by atoms with Crippen molar-refractivity contribution in [3.63, 3.8) is 0 Å². The Kier molecular flexibility index (Phi) is 7.29. The van der Waals surface area contributed by atoms with Crippen LogP contribution in [0.25, 0.3) is 12.2 Å². The average molecular weight is 459 g/mol. The van der Waals surface area contributed by atoms with E-state index >= 15 is 0 Å². The highest BCUT2D eigenvalue weighted by molar-refractivity contribution is 9.10. The van der Waals surface area contributed by atoms with Crippen molar-refractivity contribution in [2.75, 3.05) is 0 Å². The molecule has 4 heteroatoms. The van der Waals surface area contributed by atoms with Gasteiger partial charge >= 0.3 is 0 Å². The molecule has 0 radical (unpaired) electrons. The first-order valence-electron chi connectivity index (χ1n) is 7.72. The fourth-order valence-corrected chi connectivity index (χ4v) is 2.60. The number of carbonyl (C=O) groups is 1. The Labute approximate surface area is 166 Å². The van der Waals surface area contributed by atoms with Gasteiger partial charge in [0.15, 0.2) is 12.4 Å². The quantitative estimate of drug-likeness (QED) is 0.422. The summed E-state index contributed by atoms with van der Waals surface area (Å²) in [5.74, 6) is 0.0973. The second kappa shape index (κ2) is 9.44. The van der Waals surface area contributed by atoms with Crippen molar-refractivity contribution in [1.82, 2.24) is 0 Å². The van der Waals surface area contributed by atoms with Crippen LogP contribution in [-0.2, 0) is 6.54 Å². The SMILES string of the molecule is O=C(C[n+]1ccc(C=Cc2ccccc2)cc1)c1ccc(Br)cc1.[Br-]. The summed E-state index contributed by atoms with van der Waals surface area (Å²) in [6, 6.07) is 21.6. The molecule has 0 bridgehead atoms.